The molecule has 0 aromatic rings. The molecule has 2 heterocycles. The van der Waals surface area contributed by atoms with Crippen molar-refractivity contribution in [3.63, 3.8) is 0 Å². The summed E-state index contributed by atoms with van der Waals surface area (Å²) >= 11 is 0. The minimum absolute atomic E-state index is 0.0504. The molecule has 5 nitrogen and oxygen atoms in total. The molecule has 2 aliphatic rings. The number of amides is 1. The van der Waals surface area contributed by atoms with E-state index in [1.54, 1.807) is 4.90 Å². The van der Waals surface area contributed by atoms with E-state index in [4.69, 9.17) is 9.84 Å². The molecule has 2 fully saturated rings. The van der Waals surface area contributed by atoms with Crippen LogP contribution in [-0.2, 0) is 14.3 Å². The maximum Gasteiger partial charge on any atom is 0.332 e. The first-order valence-corrected chi connectivity index (χ1v) is 4.62. The monoisotopic (exact) mass is 199 g/mol. The SMILES string of the molecule is CC(=O)N1CC2(COC(C(=O)O)C2)C1. The molecule has 1 N–H and O–H groups in total. The number of carbonyl (C=O) groups excluding carboxylic acids is 1. The first-order valence-electron chi connectivity index (χ1n) is 4.62. The van der Waals surface area contributed by atoms with Crippen molar-refractivity contribution in [1.29, 1.82) is 0 Å². The molecular weight excluding hydrogens is 186 g/mol. The molecule has 2 saturated heterocycles. The summed E-state index contributed by atoms with van der Waals surface area (Å²) in [5.41, 5.74) is -0.0747. The second kappa shape index (κ2) is 2.95. The van der Waals surface area contributed by atoms with Crippen molar-refractivity contribution in [2.24, 2.45) is 5.41 Å². The summed E-state index contributed by atoms with van der Waals surface area (Å²) < 4.78 is 5.16. The minimum atomic E-state index is -0.900. The fourth-order valence-electron chi connectivity index (χ4n) is 2.15. The second-order valence-electron chi connectivity index (χ2n) is 4.22. The molecule has 14 heavy (non-hydrogen) atoms. The Hall–Kier alpha value is -1.10. The average Bonchev–Trinajstić information content (AvgIpc) is 2.44. The molecule has 0 aromatic heterocycles. The number of hydrogen-bond acceptors (Lipinski definition) is 3. The summed E-state index contributed by atoms with van der Waals surface area (Å²) in [5, 5.41) is 8.73. The molecule has 0 aromatic carbocycles. The van der Waals surface area contributed by atoms with Crippen molar-refractivity contribution in [3.8, 4) is 0 Å². The Labute approximate surface area is 81.6 Å². The number of carboxylic acid groups (broad SMARTS) is 1. The fraction of sp³-hybridized carbons (Fsp3) is 0.778. The van der Waals surface area contributed by atoms with Gasteiger partial charge in [-0.2, -0.15) is 0 Å². The van der Waals surface area contributed by atoms with E-state index >= 15 is 0 Å². The van der Waals surface area contributed by atoms with Gasteiger partial charge in [-0.25, -0.2) is 4.79 Å². The van der Waals surface area contributed by atoms with Gasteiger partial charge in [-0.3, -0.25) is 4.79 Å². The van der Waals surface area contributed by atoms with Crippen molar-refractivity contribution in [1.82, 2.24) is 4.90 Å². The Morgan fingerprint density at radius 3 is 2.57 bits per heavy atom. The van der Waals surface area contributed by atoms with Crippen LogP contribution in [0.15, 0.2) is 0 Å². The van der Waals surface area contributed by atoms with Crippen molar-refractivity contribution in [3.05, 3.63) is 0 Å². The average molecular weight is 199 g/mol. The molecule has 5 heteroatoms. The van der Waals surface area contributed by atoms with Crippen molar-refractivity contribution >= 4 is 11.9 Å². The maximum absolute atomic E-state index is 11.0. The lowest BCUT2D eigenvalue weighted by molar-refractivity contribution is -0.147. The Kier molecular flexibility index (Phi) is 1.99. The predicted molar refractivity (Wildman–Crippen MR) is 46.7 cm³/mol. The Balaban J connectivity index is 1.91. The largest absolute Gasteiger partial charge is 0.479 e. The number of aliphatic carboxylic acids is 1. The summed E-state index contributed by atoms with van der Waals surface area (Å²) in [7, 11) is 0. The highest BCUT2D eigenvalue weighted by Crippen LogP contribution is 2.41. The van der Waals surface area contributed by atoms with E-state index in [1.807, 2.05) is 0 Å². The van der Waals surface area contributed by atoms with E-state index in [-0.39, 0.29) is 11.3 Å². The number of hydrogen-bond donors (Lipinski definition) is 1. The number of carboxylic acids is 1. The lowest BCUT2D eigenvalue weighted by atomic mass is 9.78. The molecule has 2 aliphatic heterocycles. The summed E-state index contributed by atoms with van der Waals surface area (Å²) in [6, 6.07) is 0. The van der Waals surface area contributed by atoms with E-state index in [2.05, 4.69) is 0 Å². The molecule has 1 unspecified atom stereocenters. The van der Waals surface area contributed by atoms with Crippen LogP contribution in [0.2, 0.25) is 0 Å². The maximum atomic E-state index is 11.0. The fourth-order valence-corrected chi connectivity index (χ4v) is 2.15. The quantitative estimate of drug-likeness (QED) is 0.630. The van der Waals surface area contributed by atoms with Gasteiger partial charge < -0.3 is 14.7 Å². The van der Waals surface area contributed by atoms with Crippen LogP contribution in [-0.4, -0.2) is 47.7 Å². The minimum Gasteiger partial charge on any atom is -0.479 e. The molecule has 78 valence electrons. The van der Waals surface area contributed by atoms with Gasteiger partial charge in [0, 0.05) is 25.4 Å². The molecule has 1 amide bonds. The highest BCUT2D eigenvalue weighted by Gasteiger charge is 2.51. The van der Waals surface area contributed by atoms with Crippen LogP contribution in [0.1, 0.15) is 13.3 Å². The molecular formula is C9H13NO4. The summed E-state index contributed by atoms with van der Waals surface area (Å²) in [6.45, 7) is 3.28. The molecule has 0 saturated carbocycles. The van der Waals surface area contributed by atoms with Crippen LogP contribution < -0.4 is 0 Å². The van der Waals surface area contributed by atoms with Gasteiger partial charge in [-0.05, 0) is 6.42 Å². The van der Waals surface area contributed by atoms with Gasteiger partial charge in [0.05, 0.1) is 6.61 Å². The van der Waals surface area contributed by atoms with Crippen LogP contribution in [0.25, 0.3) is 0 Å². The van der Waals surface area contributed by atoms with Crippen LogP contribution in [0.3, 0.4) is 0 Å². The Morgan fingerprint density at radius 1 is 1.50 bits per heavy atom. The summed E-state index contributed by atoms with van der Waals surface area (Å²) in [6.07, 6.45) is -0.143. The second-order valence-corrected chi connectivity index (χ2v) is 4.22. The topological polar surface area (TPSA) is 66.8 Å². The third-order valence-corrected chi connectivity index (χ3v) is 2.98. The van der Waals surface area contributed by atoms with Crippen LogP contribution in [0.5, 0.6) is 0 Å². The number of nitrogens with zero attached hydrogens (tertiary/aromatic N) is 1. The summed E-state index contributed by atoms with van der Waals surface area (Å²) in [5.74, 6) is -0.849. The number of likely N-dealkylation sites (tertiary alicyclic amines) is 1. The van der Waals surface area contributed by atoms with Gasteiger partial charge in [0.2, 0.25) is 5.91 Å². The highest BCUT2D eigenvalue weighted by molar-refractivity contribution is 5.75. The van der Waals surface area contributed by atoms with Crippen LogP contribution >= 0.6 is 0 Å². The van der Waals surface area contributed by atoms with E-state index in [0.29, 0.717) is 26.1 Å². The zero-order valence-electron chi connectivity index (χ0n) is 8.02. The van der Waals surface area contributed by atoms with Gasteiger partial charge in [-0.1, -0.05) is 0 Å². The zero-order valence-corrected chi connectivity index (χ0v) is 8.02. The number of ether oxygens (including phenoxy) is 1. The highest BCUT2D eigenvalue weighted by atomic mass is 16.5. The predicted octanol–water partition coefficient (Wildman–Crippen LogP) is -0.292. The van der Waals surface area contributed by atoms with Crippen LogP contribution in [0.4, 0.5) is 0 Å². The smallest absolute Gasteiger partial charge is 0.332 e. The van der Waals surface area contributed by atoms with Gasteiger partial charge in [0.25, 0.3) is 0 Å². The molecule has 0 bridgehead atoms. The van der Waals surface area contributed by atoms with Crippen molar-refractivity contribution in [2.45, 2.75) is 19.4 Å². The van der Waals surface area contributed by atoms with Crippen molar-refractivity contribution in [2.75, 3.05) is 19.7 Å². The molecule has 1 atom stereocenters. The van der Waals surface area contributed by atoms with Gasteiger partial charge >= 0.3 is 5.97 Å². The standard InChI is InChI=1S/C9H13NO4/c1-6(11)10-3-9(4-10)2-7(8(12)13)14-5-9/h7H,2-5H2,1H3,(H,12,13). The molecule has 0 aliphatic carbocycles. The first kappa shape index (κ1) is 9.45. The Bertz CT molecular complexity index is 283. The number of rotatable bonds is 1. The molecule has 0 radical (unpaired) electrons. The van der Waals surface area contributed by atoms with E-state index in [0.717, 1.165) is 0 Å². The summed E-state index contributed by atoms with van der Waals surface area (Å²) in [4.78, 5) is 23.3. The molecule has 1 spiro atoms. The molecule has 2 rings (SSSR count). The number of carbonyl (C=O) groups is 2. The lowest BCUT2D eigenvalue weighted by Crippen LogP contribution is -2.58. The third-order valence-electron chi connectivity index (χ3n) is 2.98. The van der Waals surface area contributed by atoms with Gasteiger partial charge in [-0.15, -0.1) is 0 Å². The van der Waals surface area contributed by atoms with E-state index < -0.39 is 12.1 Å². The third kappa shape index (κ3) is 1.37. The van der Waals surface area contributed by atoms with Crippen LogP contribution in [0, 0.1) is 5.41 Å². The van der Waals surface area contributed by atoms with Gasteiger partial charge in [0.1, 0.15) is 0 Å². The van der Waals surface area contributed by atoms with Gasteiger partial charge in [0.15, 0.2) is 6.10 Å². The first-order chi connectivity index (χ1) is 6.52. The van der Waals surface area contributed by atoms with E-state index in [9.17, 15) is 9.59 Å². The van der Waals surface area contributed by atoms with Crippen molar-refractivity contribution < 1.29 is 19.4 Å². The Morgan fingerprint density at radius 2 is 2.14 bits per heavy atom. The normalized spacial score (nSPS) is 28.9. The lowest BCUT2D eigenvalue weighted by Gasteiger charge is -2.46. The zero-order chi connectivity index (χ0) is 10.3. The van der Waals surface area contributed by atoms with E-state index in [1.165, 1.54) is 6.92 Å².